The van der Waals surface area contributed by atoms with E-state index in [1.807, 2.05) is 4.72 Å². The number of amides is 1. The predicted octanol–water partition coefficient (Wildman–Crippen LogP) is 1.81. The highest BCUT2D eigenvalue weighted by Crippen LogP contribution is 2.22. The minimum atomic E-state index is -3.97. The van der Waals surface area contributed by atoms with Crippen molar-refractivity contribution in [3.05, 3.63) is 53.2 Å². The van der Waals surface area contributed by atoms with Crippen LogP contribution in [0.25, 0.3) is 10.8 Å². The molecule has 0 aliphatic carbocycles. The third-order valence-electron chi connectivity index (χ3n) is 2.82. The van der Waals surface area contributed by atoms with Gasteiger partial charge in [-0.2, -0.15) is 0 Å². The first-order valence-electron chi connectivity index (χ1n) is 5.86. The topological polar surface area (TPSA) is 89.0 Å². The highest BCUT2D eigenvalue weighted by Gasteiger charge is 2.21. The second-order valence-corrected chi connectivity index (χ2v) is 6.53. The number of hydrogen-bond donors (Lipinski definition) is 1. The average molecular weight is 319 g/mol. The molecule has 1 N–H and O–H groups in total. The van der Waals surface area contributed by atoms with Gasteiger partial charge in [0.2, 0.25) is 0 Å². The van der Waals surface area contributed by atoms with Crippen molar-refractivity contribution in [3.8, 4) is 0 Å². The Morgan fingerprint density at radius 1 is 1.24 bits per heavy atom. The standard InChI is InChI=1S/C13H9N3O3S2/c17-13(11-7-20-8-15-11)16-21(18,19)12-3-1-2-9-6-14-5-4-10(9)12/h1-8H,(H,16,17). The van der Waals surface area contributed by atoms with Crippen molar-refractivity contribution >= 4 is 38.0 Å². The molecule has 0 atom stereocenters. The Morgan fingerprint density at radius 3 is 2.86 bits per heavy atom. The SMILES string of the molecule is O=C(NS(=O)(=O)c1cccc2cnccc12)c1cscn1. The molecule has 3 aromatic rings. The number of carbonyl (C=O) groups is 1. The third-order valence-corrected chi connectivity index (χ3v) is 4.80. The summed E-state index contributed by atoms with van der Waals surface area (Å²) in [5, 5.41) is 2.67. The highest BCUT2D eigenvalue weighted by molar-refractivity contribution is 7.90. The van der Waals surface area contributed by atoms with Crippen LogP contribution in [-0.2, 0) is 10.0 Å². The van der Waals surface area contributed by atoms with Gasteiger partial charge in [-0.3, -0.25) is 9.78 Å². The molecule has 106 valence electrons. The number of fused-ring (bicyclic) bond motifs is 1. The summed E-state index contributed by atoms with van der Waals surface area (Å²) in [6.45, 7) is 0. The normalized spacial score (nSPS) is 11.4. The maximum Gasteiger partial charge on any atom is 0.284 e. The van der Waals surface area contributed by atoms with Gasteiger partial charge in [0.25, 0.3) is 15.9 Å². The van der Waals surface area contributed by atoms with Crippen LogP contribution < -0.4 is 4.72 Å². The van der Waals surface area contributed by atoms with Gasteiger partial charge in [0.15, 0.2) is 0 Å². The van der Waals surface area contributed by atoms with Crippen LogP contribution in [0.4, 0.5) is 0 Å². The van der Waals surface area contributed by atoms with E-state index in [9.17, 15) is 13.2 Å². The minimum Gasteiger partial charge on any atom is -0.266 e. The monoisotopic (exact) mass is 319 g/mol. The van der Waals surface area contributed by atoms with Crippen molar-refractivity contribution in [3.63, 3.8) is 0 Å². The largest absolute Gasteiger partial charge is 0.284 e. The van der Waals surface area contributed by atoms with Crippen LogP contribution >= 0.6 is 11.3 Å². The maximum absolute atomic E-state index is 12.4. The number of nitrogens with one attached hydrogen (secondary N) is 1. The number of hydrogen-bond acceptors (Lipinski definition) is 6. The molecule has 0 unspecified atom stereocenters. The van der Waals surface area contributed by atoms with Crippen LogP contribution in [0, 0.1) is 0 Å². The van der Waals surface area contributed by atoms with Crippen LogP contribution in [0.15, 0.2) is 52.4 Å². The summed E-state index contributed by atoms with van der Waals surface area (Å²) in [4.78, 5) is 19.6. The van der Waals surface area contributed by atoms with Crippen molar-refractivity contribution in [1.29, 1.82) is 0 Å². The number of thiazole rings is 1. The fourth-order valence-corrected chi connectivity index (χ4v) is 3.60. The van der Waals surface area contributed by atoms with E-state index in [0.29, 0.717) is 10.8 Å². The van der Waals surface area contributed by atoms with Gasteiger partial charge in [-0.25, -0.2) is 18.1 Å². The highest BCUT2D eigenvalue weighted by atomic mass is 32.2. The molecule has 3 rings (SSSR count). The number of aromatic nitrogens is 2. The maximum atomic E-state index is 12.4. The van der Waals surface area contributed by atoms with Gasteiger partial charge < -0.3 is 0 Å². The molecule has 0 saturated carbocycles. The number of benzene rings is 1. The first-order chi connectivity index (χ1) is 10.1. The number of carbonyl (C=O) groups excluding carboxylic acids is 1. The molecular weight excluding hydrogens is 310 g/mol. The smallest absolute Gasteiger partial charge is 0.266 e. The van der Waals surface area contributed by atoms with Gasteiger partial charge in [0.05, 0.1) is 10.4 Å². The zero-order chi connectivity index (χ0) is 14.9. The first kappa shape index (κ1) is 13.7. The molecule has 8 heteroatoms. The van der Waals surface area contributed by atoms with Crippen LogP contribution in [0.3, 0.4) is 0 Å². The lowest BCUT2D eigenvalue weighted by Gasteiger charge is -2.08. The summed E-state index contributed by atoms with van der Waals surface area (Å²) in [6.07, 6.45) is 3.07. The Hall–Kier alpha value is -2.32. The summed E-state index contributed by atoms with van der Waals surface area (Å²) in [6, 6.07) is 6.39. The van der Waals surface area contributed by atoms with E-state index < -0.39 is 15.9 Å². The predicted molar refractivity (Wildman–Crippen MR) is 78.5 cm³/mol. The van der Waals surface area contributed by atoms with Gasteiger partial charge in [0.1, 0.15) is 5.69 Å². The van der Waals surface area contributed by atoms with E-state index in [1.165, 1.54) is 34.5 Å². The lowest BCUT2D eigenvalue weighted by atomic mass is 10.2. The number of sulfonamides is 1. The average Bonchev–Trinajstić information content (AvgIpc) is 3.00. The van der Waals surface area contributed by atoms with E-state index in [4.69, 9.17) is 0 Å². The lowest BCUT2D eigenvalue weighted by molar-refractivity contribution is 0.0977. The van der Waals surface area contributed by atoms with Crippen molar-refractivity contribution in [2.75, 3.05) is 0 Å². The second kappa shape index (κ2) is 5.23. The molecule has 1 aromatic carbocycles. The number of rotatable bonds is 3. The number of nitrogens with zero attached hydrogens (tertiary/aromatic N) is 2. The summed E-state index contributed by atoms with van der Waals surface area (Å²) in [7, 11) is -3.97. The Morgan fingerprint density at radius 2 is 2.10 bits per heavy atom. The molecule has 2 heterocycles. The Balaban J connectivity index is 2.03. The van der Waals surface area contributed by atoms with E-state index in [0.717, 1.165) is 0 Å². The zero-order valence-corrected chi connectivity index (χ0v) is 12.2. The van der Waals surface area contributed by atoms with E-state index in [2.05, 4.69) is 9.97 Å². The first-order valence-corrected chi connectivity index (χ1v) is 8.28. The molecule has 0 bridgehead atoms. The molecule has 0 radical (unpaired) electrons. The quantitative estimate of drug-likeness (QED) is 0.795. The van der Waals surface area contributed by atoms with Gasteiger partial charge >= 0.3 is 0 Å². The summed E-state index contributed by atoms with van der Waals surface area (Å²) in [5.41, 5.74) is 1.54. The molecule has 2 aromatic heterocycles. The molecule has 0 spiro atoms. The van der Waals surface area contributed by atoms with Crippen molar-refractivity contribution in [1.82, 2.24) is 14.7 Å². The number of pyridine rings is 1. The van der Waals surface area contributed by atoms with Crippen LogP contribution in [-0.4, -0.2) is 24.3 Å². The summed E-state index contributed by atoms with van der Waals surface area (Å²) in [5.74, 6) is -0.748. The van der Waals surface area contributed by atoms with E-state index in [1.54, 1.807) is 24.4 Å². The van der Waals surface area contributed by atoms with Crippen LogP contribution in [0.5, 0.6) is 0 Å². The molecular formula is C13H9N3O3S2. The molecule has 0 aliphatic heterocycles. The fraction of sp³-hybridized carbons (Fsp3) is 0. The molecule has 6 nitrogen and oxygen atoms in total. The third kappa shape index (κ3) is 2.63. The zero-order valence-electron chi connectivity index (χ0n) is 10.6. The molecule has 21 heavy (non-hydrogen) atoms. The fourth-order valence-electron chi connectivity index (χ4n) is 1.88. The Kier molecular flexibility index (Phi) is 3.40. The Bertz CT molecular complexity index is 900. The summed E-state index contributed by atoms with van der Waals surface area (Å²) < 4.78 is 26.8. The lowest BCUT2D eigenvalue weighted by Crippen LogP contribution is -2.30. The van der Waals surface area contributed by atoms with E-state index in [-0.39, 0.29) is 10.6 Å². The van der Waals surface area contributed by atoms with Crippen LogP contribution in [0.1, 0.15) is 10.5 Å². The van der Waals surface area contributed by atoms with Gasteiger partial charge in [-0.1, -0.05) is 12.1 Å². The van der Waals surface area contributed by atoms with Crippen molar-refractivity contribution < 1.29 is 13.2 Å². The second-order valence-electron chi connectivity index (χ2n) is 4.16. The molecule has 0 aliphatic rings. The minimum absolute atomic E-state index is 0.0333. The van der Waals surface area contributed by atoms with Crippen molar-refractivity contribution in [2.45, 2.75) is 4.90 Å². The van der Waals surface area contributed by atoms with Gasteiger partial charge in [0, 0.05) is 28.5 Å². The summed E-state index contributed by atoms with van der Waals surface area (Å²) >= 11 is 1.22. The van der Waals surface area contributed by atoms with E-state index >= 15 is 0 Å². The molecule has 1 amide bonds. The molecule has 0 saturated heterocycles. The van der Waals surface area contributed by atoms with Gasteiger partial charge in [-0.05, 0) is 12.1 Å². The van der Waals surface area contributed by atoms with Crippen molar-refractivity contribution in [2.24, 2.45) is 0 Å². The molecule has 0 fully saturated rings. The Labute approximate surface area is 124 Å². The van der Waals surface area contributed by atoms with Gasteiger partial charge in [-0.15, -0.1) is 11.3 Å². The van der Waals surface area contributed by atoms with Crippen LogP contribution in [0.2, 0.25) is 0 Å².